The van der Waals surface area contributed by atoms with E-state index in [1.165, 1.54) is 23.5 Å². The van der Waals surface area contributed by atoms with Crippen molar-refractivity contribution in [2.45, 2.75) is 49.2 Å². The fourth-order valence-electron chi connectivity index (χ4n) is 6.68. The van der Waals surface area contributed by atoms with Crippen LogP contribution in [0.3, 0.4) is 0 Å². The number of benzene rings is 1. The zero-order valence-electron chi connectivity index (χ0n) is 21.8. The van der Waals surface area contributed by atoms with E-state index in [1.807, 2.05) is 0 Å². The number of fused-ring (bicyclic) bond motifs is 5. The predicted molar refractivity (Wildman–Crippen MR) is 143 cm³/mol. The molecule has 1 aliphatic carbocycles. The number of amidine groups is 1. The SMILES string of the molecule is CCOC(=O)C1=C(CN2C3COCC2C2(F)[C@H](CC(=O)O)CC32F)NC(c2nccs2)=N[C@H]1c1cccc(F)c1Cl. The highest BCUT2D eigenvalue weighted by molar-refractivity contribution is 7.11. The summed E-state index contributed by atoms with van der Waals surface area (Å²) in [6, 6.07) is 0.947. The van der Waals surface area contributed by atoms with Gasteiger partial charge in [0.05, 0.1) is 48.9 Å². The van der Waals surface area contributed by atoms with Crippen molar-refractivity contribution < 1.29 is 37.3 Å². The van der Waals surface area contributed by atoms with Crippen molar-refractivity contribution in [2.75, 3.05) is 26.4 Å². The molecule has 1 saturated carbocycles. The van der Waals surface area contributed by atoms with Crippen LogP contribution >= 0.6 is 22.9 Å². The number of aliphatic imine (C=N–C) groups is 1. The second-order valence-electron chi connectivity index (χ2n) is 10.5. The molecule has 0 radical (unpaired) electrons. The summed E-state index contributed by atoms with van der Waals surface area (Å²) >= 11 is 7.63. The van der Waals surface area contributed by atoms with Crippen LogP contribution in [0.1, 0.15) is 36.4 Å². The smallest absolute Gasteiger partial charge is 0.338 e. The van der Waals surface area contributed by atoms with E-state index in [1.54, 1.807) is 29.5 Å². The average molecular weight is 611 g/mol. The Hall–Kier alpha value is -3.00. The van der Waals surface area contributed by atoms with Gasteiger partial charge in [0.15, 0.2) is 22.2 Å². The first kappa shape index (κ1) is 28.1. The summed E-state index contributed by atoms with van der Waals surface area (Å²) in [4.78, 5) is 35.4. The molecule has 3 fully saturated rings. The molecule has 41 heavy (non-hydrogen) atoms. The van der Waals surface area contributed by atoms with Crippen molar-refractivity contribution in [3.05, 3.63) is 62.5 Å². The van der Waals surface area contributed by atoms with Gasteiger partial charge in [-0.25, -0.2) is 22.9 Å². The number of esters is 1. The molecule has 6 atom stereocenters. The van der Waals surface area contributed by atoms with Crippen LogP contribution < -0.4 is 5.32 Å². The number of nitrogens with one attached hydrogen (secondary N) is 1. The third-order valence-electron chi connectivity index (χ3n) is 8.43. The third-order valence-corrected chi connectivity index (χ3v) is 9.61. The molecule has 4 unspecified atom stereocenters. The van der Waals surface area contributed by atoms with Gasteiger partial charge in [0.25, 0.3) is 0 Å². The van der Waals surface area contributed by atoms with Gasteiger partial charge in [0.2, 0.25) is 0 Å². The minimum absolute atomic E-state index is 0.0146. The summed E-state index contributed by atoms with van der Waals surface area (Å²) in [5.74, 6) is -3.41. The highest BCUT2D eigenvalue weighted by Crippen LogP contribution is 2.65. The lowest BCUT2D eigenvalue weighted by atomic mass is 9.56. The van der Waals surface area contributed by atoms with E-state index in [0.717, 1.165) is 0 Å². The van der Waals surface area contributed by atoms with Gasteiger partial charge in [-0.3, -0.25) is 14.7 Å². The summed E-state index contributed by atoms with van der Waals surface area (Å²) in [5.41, 5.74) is -4.29. The van der Waals surface area contributed by atoms with Gasteiger partial charge in [-0.2, -0.15) is 0 Å². The van der Waals surface area contributed by atoms with Crippen LogP contribution in [0.15, 0.2) is 46.0 Å². The van der Waals surface area contributed by atoms with Gasteiger partial charge >= 0.3 is 11.9 Å². The number of nitrogens with zero attached hydrogens (tertiary/aromatic N) is 3. The summed E-state index contributed by atoms with van der Waals surface area (Å²) in [5, 5.41) is 14.4. The first-order valence-corrected chi connectivity index (χ1v) is 14.4. The number of hydrogen-bond donors (Lipinski definition) is 2. The molecule has 6 rings (SSSR count). The van der Waals surface area contributed by atoms with Crippen molar-refractivity contribution in [2.24, 2.45) is 10.9 Å². The molecule has 218 valence electrons. The monoisotopic (exact) mass is 610 g/mol. The molecule has 3 aliphatic heterocycles. The normalized spacial score (nSPS) is 32.6. The molecule has 9 nitrogen and oxygen atoms in total. The lowest BCUT2D eigenvalue weighted by Crippen LogP contribution is -2.68. The molecule has 2 aromatic rings. The number of carboxylic acid groups (broad SMARTS) is 1. The molecule has 0 spiro atoms. The minimum Gasteiger partial charge on any atom is -0.481 e. The number of thiazole rings is 1. The number of ether oxygens (including phenoxy) is 2. The second-order valence-corrected chi connectivity index (χ2v) is 11.7. The van der Waals surface area contributed by atoms with Crippen molar-refractivity contribution in [3.8, 4) is 0 Å². The Bertz CT molecular complexity index is 1460. The number of carboxylic acids is 1. The predicted octanol–water partition coefficient (Wildman–Crippen LogP) is 3.84. The van der Waals surface area contributed by atoms with Crippen molar-refractivity contribution in [1.29, 1.82) is 0 Å². The number of halogens is 4. The molecule has 14 heteroatoms. The third kappa shape index (κ3) is 4.27. The molecule has 2 saturated heterocycles. The van der Waals surface area contributed by atoms with Gasteiger partial charge in [0, 0.05) is 35.3 Å². The zero-order valence-corrected chi connectivity index (χ0v) is 23.4. The Kier molecular flexibility index (Phi) is 7.12. The van der Waals surface area contributed by atoms with E-state index < -0.39 is 59.6 Å². The Morgan fingerprint density at radius 1 is 1.32 bits per heavy atom. The lowest BCUT2D eigenvalue weighted by Gasteiger charge is -2.52. The van der Waals surface area contributed by atoms with E-state index in [-0.39, 0.29) is 60.5 Å². The number of morpholine rings is 1. The van der Waals surface area contributed by atoms with Crippen molar-refractivity contribution in [3.63, 3.8) is 0 Å². The van der Waals surface area contributed by atoms with E-state index >= 15 is 8.78 Å². The summed E-state index contributed by atoms with van der Waals surface area (Å²) in [7, 11) is 0. The number of hydrogen-bond acceptors (Lipinski definition) is 9. The van der Waals surface area contributed by atoms with Crippen LogP contribution in [-0.4, -0.2) is 82.6 Å². The molecule has 2 bridgehead atoms. The highest BCUT2D eigenvalue weighted by atomic mass is 35.5. The maximum Gasteiger partial charge on any atom is 0.338 e. The Balaban J connectivity index is 1.46. The summed E-state index contributed by atoms with van der Waals surface area (Å²) in [6.07, 6.45) is 0.817. The molecule has 4 aliphatic rings. The Morgan fingerprint density at radius 3 is 2.80 bits per heavy atom. The fraction of sp³-hybridized carbons (Fsp3) is 0.481. The quantitative estimate of drug-likeness (QED) is 0.434. The molecular formula is C27H26ClF3N4O5S. The van der Waals surface area contributed by atoms with Crippen LogP contribution in [0.5, 0.6) is 0 Å². The average Bonchev–Trinajstić information content (AvgIpc) is 3.50. The van der Waals surface area contributed by atoms with Crippen LogP contribution in [0.2, 0.25) is 5.02 Å². The van der Waals surface area contributed by atoms with Crippen LogP contribution in [-0.2, 0) is 19.1 Å². The van der Waals surface area contributed by atoms with E-state index in [9.17, 15) is 19.1 Å². The van der Waals surface area contributed by atoms with Crippen LogP contribution in [0.25, 0.3) is 0 Å². The number of carbonyl (C=O) groups is 2. The summed E-state index contributed by atoms with van der Waals surface area (Å²) < 4.78 is 58.4. The van der Waals surface area contributed by atoms with E-state index in [0.29, 0.717) is 5.01 Å². The lowest BCUT2D eigenvalue weighted by molar-refractivity contribution is -0.174. The minimum atomic E-state index is -2.44. The maximum absolute atomic E-state index is 16.6. The van der Waals surface area contributed by atoms with Gasteiger partial charge < -0.3 is 19.9 Å². The van der Waals surface area contributed by atoms with Crippen molar-refractivity contribution >= 4 is 40.7 Å². The number of alkyl halides is 2. The topological polar surface area (TPSA) is 113 Å². The van der Waals surface area contributed by atoms with Gasteiger partial charge in [-0.15, -0.1) is 11.3 Å². The fourth-order valence-corrected chi connectivity index (χ4v) is 7.50. The number of rotatable bonds is 8. The van der Waals surface area contributed by atoms with Gasteiger partial charge in [-0.1, -0.05) is 23.7 Å². The molecule has 2 N–H and O–H groups in total. The highest BCUT2D eigenvalue weighted by Gasteiger charge is 2.81. The molecule has 1 aromatic heterocycles. The Labute approximate surface area is 242 Å². The second kappa shape index (κ2) is 10.4. The molecule has 1 aromatic carbocycles. The standard InChI is InChI=1S/C27H26ClF3N4O5S/c1-2-40-25(38)20-16(10-35-17-11-39-12-18(35)27(31)13(8-19(36)37)9-26(17,27)30)33-23(24-32-6-7-41-24)34-22(20)14-4-3-5-15(29)21(14)28/h3-7,13,17-18,22H,2,8-12H2,1H3,(H,33,34)(H,36,37)/t13-,17?,18?,22+,26?,27?/m1/s1. The first-order chi connectivity index (χ1) is 19.6. The van der Waals surface area contributed by atoms with Crippen LogP contribution in [0, 0.1) is 11.7 Å². The zero-order chi connectivity index (χ0) is 29.1. The number of aromatic nitrogens is 1. The summed E-state index contributed by atoms with van der Waals surface area (Å²) in [6.45, 7) is 1.27. The number of carbonyl (C=O) groups excluding carboxylic acids is 1. The Morgan fingerprint density at radius 2 is 2.10 bits per heavy atom. The van der Waals surface area contributed by atoms with Gasteiger partial charge in [0.1, 0.15) is 11.9 Å². The first-order valence-electron chi connectivity index (χ1n) is 13.1. The van der Waals surface area contributed by atoms with E-state index in [4.69, 9.17) is 21.1 Å². The molecular weight excluding hydrogens is 585 g/mol. The van der Waals surface area contributed by atoms with Gasteiger partial charge in [-0.05, 0) is 19.4 Å². The molecule has 0 amide bonds. The van der Waals surface area contributed by atoms with E-state index in [2.05, 4.69) is 15.3 Å². The maximum atomic E-state index is 16.6. The largest absolute Gasteiger partial charge is 0.481 e. The number of aliphatic carboxylic acids is 1. The van der Waals surface area contributed by atoms with Crippen molar-refractivity contribution in [1.82, 2.24) is 15.2 Å². The van der Waals surface area contributed by atoms with Crippen LogP contribution in [0.4, 0.5) is 13.2 Å². The molecule has 4 heterocycles.